The number of carbonyl (C=O) groups is 1. The van der Waals surface area contributed by atoms with Gasteiger partial charge in [-0.25, -0.2) is 10.4 Å². The van der Waals surface area contributed by atoms with Gasteiger partial charge in [-0.15, -0.1) is 0 Å². The number of ether oxygens (including phenoxy) is 1. The van der Waals surface area contributed by atoms with Crippen molar-refractivity contribution in [3.05, 3.63) is 54.2 Å². The summed E-state index contributed by atoms with van der Waals surface area (Å²) in [6.07, 6.45) is 1.71. The third-order valence-electron chi connectivity index (χ3n) is 3.22. The zero-order chi connectivity index (χ0) is 17.4. The largest absolute Gasteiger partial charge is 0.494 e. The number of benzene rings is 1. The van der Waals surface area contributed by atoms with Crippen LogP contribution in [0.5, 0.6) is 5.75 Å². The van der Waals surface area contributed by atoms with E-state index in [0.29, 0.717) is 6.61 Å². The van der Waals surface area contributed by atoms with E-state index in [1.807, 2.05) is 63.2 Å². The van der Waals surface area contributed by atoms with Gasteiger partial charge in [0.15, 0.2) is 0 Å². The average molecular weight is 343 g/mol. The lowest BCUT2D eigenvalue weighted by Crippen LogP contribution is -2.27. The third-order valence-corrected chi connectivity index (χ3v) is 4.27. The maximum Gasteiger partial charge on any atom is 0.253 e. The molecular weight excluding hydrogens is 322 g/mol. The molecule has 1 aromatic heterocycles. The molecule has 1 N–H and O–H groups in total. The molecular formula is C18H21N3O2S. The first-order valence-corrected chi connectivity index (χ1v) is 8.63. The normalized spacial score (nSPS) is 12.5. The Morgan fingerprint density at radius 3 is 2.67 bits per heavy atom. The molecule has 0 fully saturated rings. The number of amides is 1. The van der Waals surface area contributed by atoms with Crippen molar-refractivity contribution in [1.82, 2.24) is 10.4 Å². The van der Waals surface area contributed by atoms with Gasteiger partial charge in [-0.1, -0.05) is 17.8 Å². The van der Waals surface area contributed by atoms with Crippen LogP contribution in [-0.4, -0.2) is 28.5 Å². The Kier molecular flexibility index (Phi) is 6.81. The van der Waals surface area contributed by atoms with E-state index >= 15 is 0 Å². The van der Waals surface area contributed by atoms with Gasteiger partial charge in [-0.2, -0.15) is 5.10 Å². The maximum atomic E-state index is 12.1. The predicted molar refractivity (Wildman–Crippen MR) is 97.5 cm³/mol. The minimum absolute atomic E-state index is 0.157. The summed E-state index contributed by atoms with van der Waals surface area (Å²) in [4.78, 5) is 16.3. The quantitative estimate of drug-likeness (QED) is 0.475. The smallest absolute Gasteiger partial charge is 0.253 e. The molecule has 0 radical (unpaired) electrons. The molecule has 1 atom stereocenters. The van der Waals surface area contributed by atoms with E-state index in [0.717, 1.165) is 22.1 Å². The Bertz CT molecular complexity index is 687. The zero-order valence-corrected chi connectivity index (χ0v) is 14.8. The number of hydrogen-bond acceptors (Lipinski definition) is 5. The summed E-state index contributed by atoms with van der Waals surface area (Å²) in [5.74, 6) is 0.661. The number of nitrogens with one attached hydrogen (secondary N) is 1. The standard InChI is InChI=1S/C18H21N3O2S/c1-4-23-16-10-8-15(9-11-16)13(2)20-21-18(22)14(3)24-17-7-5-6-12-19-17/h5-12,14H,4H2,1-3H3,(H,21,22)/b20-13+. The van der Waals surface area contributed by atoms with Gasteiger partial charge in [0.2, 0.25) is 0 Å². The van der Waals surface area contributed by atoms with Gasteiger partial charge in [0.1, 0.15) is 5.75 Å². The first-order chi connectivity index (χ1) is 11.6. The summed E-state index contributed by atoms with van der Waals surface area (Å²) in [5, 5.41) is 4.71. The summed E-state index contributed by atoms with van der Waals surface area (Å²) in [7, 11) is 0. The van der Waals surface area contributed by atoms with Gasteiger partial charge in [0.25, 0.3) is 5.91 Å². The fraction of sp³-hybridized carbons (Fsp3) is 0.278. The van der Waals surface area contributed by atoms with Crippen LogP contribution >= 0.6 is 11.8 Å². The van der Waals surface area contributed by atoms with Crippen LogP contribution < -0.4 is 10.2 Å². The first-order valence-electron chi connectivity index (χ1n) is 7.75. The lowest BCUT2D eigenvalue weighted by molar-refractivity contribution is -0.120. The molecule has 0 bridgehead atoms. The average Bonchev–Trinajstić information content (AvgIpc) is 2.61. The van der Waals surface area contributed by atoms with Crippen molar-refractivity contribution in [3.8, 4) is 5.75 Å². The van der Waals surface area contributed by atoms with Crippen LogP contribution in [0.15, 0.2) is 58.8 Å². The molecule has 5 nitrogen and oxygen atoms in total. The lowest BCUT2D eigenvalue weighted by Gasteiger charge is -2.09. The Morgan fingerprint density at radius 1 is 1.29 bits per heavy atom. The summed E-state index contributed by atoms with van der Waals surface area (Å²) in [6, 6.07) is 13.2. The van der Waals surface area contributed by atoms with Gasteiger partial charge in [-0.3, -0.25) is 4.79 Å². The van der Waals surface area contributed by atoms with E-state index in [1.54, 1.807) is 6.20 Å². The second-order valence-corrected chi connectivity index (χ2v) is 6.42. The fourth-order valence-electron chi connectivity index (χ4n) is 1.90. The lowest BCUT2D eigenvalue weighted by atomic mass is 10.1. The molecule has 126 valence electrons. The van der Waals surface area contributed by atoms with Crippen LogP contribution in [0.25, 0.3) is 0 Å². The van der Waals surface area contributed by atoms with E-state index in [2.05, 4.69) is 15.5 Å². The van der Waals surface area contributed by atoms with E-state index < -0.39 is 0 Å². The van der Waals surface area contributed by atoms with E-state index in [9.17, 15) is 4.79 Å². The van der Waals surface area contributed by atoms with Crippen molar-refractivity contribution in [2.75, 3.05) is 6.61 Å². The molecule has 0 spiro atoms. The molecule has 24 heavy (non-hydrogen) atoms. The van der Waals surface area contributed by atoms with Crippen molar-refractivity contribution >= 4 is 23.4 Å². The highest BCUT2D eigenvalue weighted by Crippen LogP contribution is 2.20. The zero-order valence-electron chi connectivity index (χ0n) is 14.0. The number of rotatable bonds is 7. The van der Waals surface area contributed by atoms with Gasteiger partial charge in [0.05, 0.1) is 22.6 Å². The summed E-state index contributed by atoms with van der Waals surface area (Å²) in [5.41, 5.74) is 4.28. The summed E-state index contributed by atoms with van der Waals surface area (Å²) >= 11 is 1.40. The van der Waals surface area contributed by atoms with Crippen LogP contribution in [-0.2, 0) is 4.79 Å². The molecule has 2 rings (SSSR count). The van der Waals surface area contributed by atoms with Gasteiger partial charge < -0.3 is 4.74 Å². The highest BCUT2D eigenvalue weighted by molar-refractivity contribution is 8.00. The number of nitrogens with zero attached hydrogens (tertiary/aromatic N) is 2. The van der Waals surface area contributed by atoms with E-state index in [4.69, 9.17) is 4.74 Å². The van der Waals surface area contributed by atoms with Gasteiger partial charge >= 0.3 is 0 Å². The van der Waals surface area contributed by atoms with Gasteiger partial charge in [0, 0.05) is 6.20 Å². The Hall–Kier alpha value is -2.34. The fourth-order valence-corrected chi connectivity index (χ4v) is 2.71. The van der Waals surface area contributed by atoms with E-state index in [1.165, 1.54) is 11.8 Å². The Morgan fingerprint density at radius 2 is 2.04 bits per heavy atom. The predicted octanol–water partition coefficient (Wildman–Crippen LogP) is 3.50. The van der Waals surface area contributed by atoms with Crippen molar-refractivity contribution in [3.63, 3.8) is 0 Å². The highest BCUT2D eigenvalue weighted by Gasteiger charge is 2.14. The maximum absolute atomic E-state index is 12.1. The van der Waals surface area contributed by atoms with Crippen LogP contribution in [0.1, 0.15) is 26.3 Å². The van der Waals surface area contributed by atoms with Crippen LogP contribution in [0.3, 0.4) is 0 Å². The summed E-state index contributed by atoms with van der Waals surface area (Å²) < 4.78 is 5.41. The Labute approximate surface area is 146 Å². The van der Waals surface area contributed by atoms with Gasteiger partial charge in [-0.05, 0) is 62.7 Å². The molecule has 1 aromatic carbocycles. The number of thioether (sulfide) groups is 1. The SMILES string of the molecule is CCOc1ccc(/C(C)=N/NC(=O)C(C)Sc2ccccn2)cc1. The topological polar surface area (TPSA) is 63.6 Å². The van der Waals surface area contributed by atoms with Crippen molar-refractivity contribution < 1.29 is 9.53 Å². The van der Waals surface area contributed by atoms with E-state index in [-0.39, 0.29) is 11.2 Å². The number of hydrogen-bond donors (Lipinski definition) is 1. The van der Waals surface area contributed by atoms with Crippen molar-refractivity contribution in [1.29, 1.82) is 0 Å². The van der Waals surface area contributed by atoms with Crippen LogP contribution in [0, 0.1) is 0 Å². The number of hydrazone groups is 1. The number of carbonyl (C=O) groups excluding carboxylic acids is 1. The Balaban J connectivity index is 1.92. The number of aromatic nitrogens is 1. The first kappa shape index (κ1) is 18.0. The molecule has 2 aromatic rings. The molecule has 0 aliphatic rings. The molecule has 1 unspecified atom stereocenters. The van der Waals surface area contributed by atoms with Crippen LogP contribution in [0.2, 0.25) is 0 Å². The van der Waals surface area contributed by atoms with Crippen molar-refractivity contribution in [2.45, 2.75) is 31.0 Å². The minimum Gasteiger partial charge on any atom is -0.494 e. The van der Waals surface area contributed by atoms with Crippen molar-refractivity contribution in [2.24, 2.45) is 5.10 Å². The van der Waals surface area contributed by atoms with Crippen LogP contribution in [0.4, 0.5) is 0 Å². The minimum atomic E-state index is -0.281. The molecule has 6 heteroatoms. The second-order valence-electron chi connectivity index (χ2n) is 5.06. The third kappa shape index (κ3) is 5.38. The summed E-state index contributed by atoms with van der Waals surface area (Å²) in [6.45, 7) is 6.26. The highest BCUT2D eigenvalue weighted by atomic mass is 32.2. The molecule has 0 saturated heterocycles. The number of pyridine rings is 1. The molecule has 0 aliphatic heterocycles. The second kappa shape index (κ2) is 9.08. The monoisotopic (exact) mass is 343 g/mol. The molecule has 0 aliphatic carbocycles. The molecule has 0 saturated carbocycles. The molecule has 1 heterocycles. The molecule has 1 amide bonds.